The predicted molar refractivity (Wildman–Crippen MR) is 89.8 cm³/mol. The summed E-state index contributed by atoms with van der Waals surface area (Å²) in [5, 5.41) is 3.49. The maximum atomic E-state index is 12.6. The van der Waals surface area contributed by atoms with Crippen LogP contribution in [-0.2, 0) is 9.84 Å². The second-order valence-corrected chi connectivity index (χ2v) is 7.78. The van der Waals surface area contributed by atoms with Crippen LogP contribution in [0.3, 0.4) is 0 Å². The molecule has 1 fully saturated rings. The lowest BCUT2D eigenvalue weighted by Crippen LogP contribution is -2.52. The third-order valence-corrected chi connectivity index (χ3v) is 5.73. The van der Waals surface area contributed by atoms with E-state index in [9.17, 15) is 13.2 Å². The van der Waals surface area contributed by atoms with E-state index < -0.39 is 9.84 Å². The topological polar surface area (TPSA) is 66.5 Å². The molecule has 1 aliphatic rings. The van der Waals surface area contributed by atoms with Crippen LogP contribution < -0.4 is 5.32 Å². The van der Waals surface area contributed by atoms with Gasteiger partial charge in [0.1, 0.15) is 0 Å². The van der Waals surface area contributed by atoms with Gasteiger partial charge in [-0.3, -0.25) is 4.79 Å². The van der Waals surface area contributed by atoms with Gasteiger partial charge in [-0.1, -0.05) is 18.5 Å². The van der Waals surface area contributed by atoms with Crippen molar-refractivity contribution in [1.29, 1.82) is 0 Å². The number of hydrogen-bond donors (Lipinski definition) is 1. The second-order valence-electron chi connectivity index (χ2n) is 5.10. The van der Waals surface area contributed by atoms with Crippen molar-refractivity contribution in [3.63, 3.8) is 0 Å². The summed E-state index contributed by atoms with van der Waals surface area (Å²) in [6.07, 6.45) is 0. The minimum absolute atomic E-state index is 0. The van der Waals surface area contributed by atoms with Crippen LogP contribution in [0.25, 0.3) is 0 Å². The molecule has 0 aliphatic carbocycles. The molecule has 2 rings (SSSR count). The molecule has 0 bridgehead atoms. The van der Waals surface area contributed by atoms with Gasteiger partial charge in [-0.2, -0.15) is 0 Å². The summed E-state index contributed by atoms with van der Waals surface area (Å²) in [7, 11) is -3.36. The monoisotopic (exact) mass is 366 g/mol. The Morgan fingerprint density at radius 2 is 2.14 bits per heavy atom. The third-order valence-electron chi connectivity index (χ3n) is 3.67. The van der Waals surface area contributed by atoms with Gasteiger partial charge in [0.25, 0.3) is 5.91 Å². The molecule has 0 aromatic heterocycles. The SMILES string of the molecule is CCS(=O)(=O)c1ccc(Cl)c(C(=O)N2CCNCC2C)c1.Cl. The van der Waals surface area contributed by atoms with E-state index in [1.165, 1.54) is 18.2 Å². The molecule has 1 aromatic carbocycles. The molecule has 1 aromatic rings. The van der Waals surface area contributed by atoms with Gasteiger partial charge in [0.15, 0.2) is 9.84 Å². The zero-order valence-corrected chi connectivity index (χ0v) is 14.9. The van der Waals surface area contributed by atoms with Crippen LogP contribution in [0.4, 0.5) is 0 Å². The van der Waals surface area contributed by atoms with Crippen LogP contribution in [0.1, 0.15) is 24.2 Å². The van der Waals surface area contributed by atoms with Gasteiger partial charge >= 0.3 is 0 Å². The number of benzene rings is 1. The number of sulfone groups is 1. The summed E-state index contributed by atoms with van der Waals surface area (Å²) in [5.74, 6) is -0.228. The molecular formula is C14H20Cl2N2O3S. The van der Waals surface area contributed by atoms with Crippen LogP contribution in [-0.4, -0.2) is 50.7 Å². The highest BCUT2D eigenvalue weighted by atomic mass is 35.5. The Balaban J connectivity index is 0.00000242. The van der Waals surface area contributed by atoms with Gasteiger partial charge < -0.3 is 10.2 Å². The van der Waals surface area contributed by atoms with E-state index in [-0.39, 0.29) is 45.6 Å². The van der Waals surface area contributed by atoms with E-state index in [4.69, 9.17) is 11.6 Å². The Morgan fingerprint density at radius 1 is 1.45 bits per heavy atom. The van der Waals surface area contributed by atoms with E-state index in [1.807, 2.05) is 6.92 Å². The number of piperazine rings is 1. The highest BCUT2D eigenvalue weighted by molar-refractivity contribution is 7.91. The average Bonchev–Trinajstić information content (AvgIpc) is 2.47. The molecule has 1 heterocycles. The largest absolute Gasteiger partial charge is 0.333 e. The van der Waals surface area contributed by atoms with E-state index >= 15 is 0 Å². The smallest absolute Gasteiger partial charge is 0.255 e. The number of carbonyl (C=O) groups excluding carboxylic acids is 1. The first-order chi connectivity index (χ1) is 9.86. The van der Waals surface area contributed by atoms with Crippen LogP contribution >= 0.6 is 24.0 Å². The Kier molecular flexibility index (Phi) is 6.67. The molecule has 124 valence electrons. The van der Waals surface area contributed by atoms with Crippen molar-refractivity contribution in [2.24, 2.45) is 0 Å². The first-order valence-electron chi connectivity index (χ1n) is 6.91. The van der Waals surface area contributed by atoms with E-state index in [1.54, 1.807) is 11.8 Å². The van der Waals surface area contributed by atoms with Crippen molar-refractivity contribution in [2.75, 3.05) is 25.4 Å². The Labute approximate surface area is 142 Å². The molecule has 1 unspecified atom stereocenters. The highest BCUT2D eigenvalue weighted by Gasteiger charge is 2.26. The fourth-order valence-electron chi connectivity index (χ4n) is 2.33. The number of nitrogens with zero attached hydrogens (tertiary/aromatic N) is 1. The van der Waals surface area contributed by atoms with E-state index in [0.717, 1.165) is 13.1 Å². The predicted octanol–water partition coefficient (Wildman–Crippen LogP) is 1.99. The van der Waals surface area contributed by atoms with Gasteiger partial charge in [-0.15, -0.1) is 12.4 Å². The van der Waals surface area contributed by atoms with Crippen molar-refractivity contribution < 1.29 is 13.2 Å². The zero-order chi connectivity index (χ0) is 15.6. The molecule has 5 nitrogen and oxygen atoms in total. The molecule has 0 saturated carbocycles. The van der Waals surface area contributed by atoms with Crippen molar-refractivity contribution in [3.05, 3.63) is 28.8 Å². The van der Waals surface area contributed by atoms with E-state index in [2.05, 4.69) is 5.32 Å². The van der Waals surface area contributed by atoms with Crippen LogP contribution in [0.15, 0.2) is 23.1 Å². The standard InChI is InChI=1S/C14H19ClN2O3S.ClH/c1-3-21(19,20)11-4-5-13(15)12(8-11)14(18)17-7-6-16-9-10(17)2;/h4-5,8,10,16H,3,6-7,9H2,1-2H3;1H. The van der Waals surface area contributed by atoms with Crippen LogP contribution in [0.5, 0.6) is 0 Å². The first kappa shape index (κ1) is 19.2. The molecule has 1 amide bonds. The Morgan fingerprint density at radius 3 is 2.73 bits per heavy atom. The fourth-order valence-corrected chi connectivity index (χ4v) is 3.43. The number of amides is 1. The van der Waals surface area contributed by atoms with Gasteiger partial charge in [0.05, 0.1) is 21.2 Å². The minimum atomic E-state index is -3.36. The molecule has 22 heavy (non-hydrogen) atoms. The number of nitrogens with one attached hydrogen (secondary N) is 1. The molecule has 1 N–H and O–H groups in total. The van der Waals surface area contributed by atoms with Gasteiger partial charge in [-0.05, 0) is 25.1 Å². The molecule has 0 spiro atoms. The maximum absolute atomic E-state index is 12.6. The summed E-state index contributed by atoms with van der Waals surface area (Å²) in [6.45, 7) is 5.55. The lowest BCUT2D eigenvalue weighted by molar-refractivity contribution is 0.0655. The van der Waals surface area contributed by atoms with Gasteiger partial charge in [0, 0.05) is 25.7 Å². The quantitative estimate of drug-likeness (QED) is 0.887. The second kappa shape index (κ2) is 7.64. The van der Waals surface area contributed by atoms with Gasteiger partial charge in [0.2, 0.25) is 0 Å². The van der Waals surface area contributed by atoms with Crippen molar-refractivity contribution in [1.82, 2.24) is 10.2 Å². The Hall–Kier alpha value is -0.820. The van der Waals surface area contributed by atoms with Crippen LogP contribution in [0.2, 0.25) is 5.02 Å². The number of hydrogen-bond acceptors (Lipinski definition) is 4. The number of carbonyl (C=O) groups is 1. The average molecular weight is 367 g/mol. The lowest BCUT2D eigenvalue weighted by atomic mass is 10.1. The summed E-state index contributed by atoms with van der Waals surface area (Å²) in [4.78, 5) is 14.5. The van der Waals surface area contributed by atoms with Gasteiger partial charge in [-0.25, -0.2) is 8.42 Å². The normalized spacial score (nSPS) is 18.7. The Bertz CT molecular complexity index is 649. The lowest BCUT2D eigenvalue weighted by Gasteiger charge is -2.34. The van der Waals surface area contributed by atoms with E-state index in [0.29, 0.717) is 6.54 Å². The highest BCUT2D eigenvalue weighted by Crippen LogP contribution is 2.23. The molecule has 1 aliphatic heterocycles. The third kappa shape index (κ3) is 3.93. The summed E-state index contributed by atoms with van der Waals surface area (Å²) in [5.41, 5.74) is 0.250. The molecule has 1 atom stereocenters. The fraction of sp³-hybridized carbons (Fsp3) is 0.500. The summed E-state index contributed by atoms with van der Waals surface area (Å²) in [6, 6.07) is 4.36. The van der Waals surface area contributed by atoms with Crippen molar-refractivity contribution >= 4 is 39.8 Å². The van der Waals surface area contributed by atoms with Crippen molar-refractivity contribution in [2.45, 2.75) is 24.8 Å². The zero-order valence-electron chi connectivity index (χ0n) is 12.5. The first-order valence-corrected chi connectivity index (χ1v) is 8.94. The number of halogens is 2. The summed E-state index contributed by atoms with van der Waals surface area (Å²) < 4.78 is 23.9. The minimum Gasteiger partial charge on any atom is -0.333 e. The molecular weight excluding hydrogens is 347 g/mol. The number of rotatable bonds is 3. The molecule has 8 heteroatoms. The molecule has 0 radical (unpaired) electrons. The molecule has 1 saturated heterocycles. The maximum Gasteiger partial charge on any atom is 0.255 e. The van der Waals surface area contributed by atoms with Crippen molar-refractivity contribution in [3.8, 4) is 0 Å². The van der Waals surface area contributed by atoms with Crippen LogP contribution in [0, 0.1) is 0 Å². The summed E-state index contributed by atoms with van der Waals surface area (Å²) >= 11 is 6.09.